The molecule has 0 saturated carbocycles. The van der Waals surface area contributed by atoms with Gasteiger partial charge in [0.2, 0.25) is 0 Å². The molecular formula is C21H18O2. The maximum absolute atomic E-state index is 11.4. The van der Waals surface area contributed by atoms with Gasteiger partial charge in [0, 0.05) is 0 Å². The second kappa shape index (κ2) is 6.09. The minimum Gasteiger partial charge on any atom is -0.507 e. The van der Waals surface area contributed by atoms with Gasteiger partial charge in [0.05, 0.1) is 5.56 Å². The molecule has 0 fully saturated rings. The zero-order valence-corrected chi connectivity index (χ0v) is 13.2. The van der Waals surface area contributed by atoms with Crippen LogP contribution in [0.5, 0.6) is 5.75 Å². The Kier molecular flexibility index (Phi) is 3.98. The van der Waals surface area contributed by atoms with Crippen LogP contribution >= 0.6 is 0 Å². The van der Waals surface area contributed by atoms with Crippen molar-refractivity contribution in [2.45, 2.75) is 13.8 Å². The van der Waals surface area contributed by atoms with E-state index in [9.17, 15) is 9.90 Å². The standard InChI is InChI=1S/C21H18O2/c1-14-3-7-16(8-4-14)18-11-19(20(13-22)21(23)12-18)17-9-5-15(2)6-10-17/h3-13,23H,1-2H3. The highest BCUT2D eigenvalue weighted by atomic mass is 16.3. The number of aldehydes is 1. The lowest BCUT2D eigenvalue weighted by Gasteiger charge is -2.11. The zero-order chi connectivity index (χ0) is 16.4. The highest BCUT2D eigenvalue weighted by Crippen LogP contribution is 2.35. The molecule has 0 bridgehead atoms. The van der Waals surface area contributed by atoms with E-state index in [1.54, 1.807) is 6.07 Å². The molecule has 3 aromatic carbocycles. The minimum absolute atomic E-state index is 0.00801. The van der Waals surface area contributed by atoms with E-state index in [0.29, 0.717) is 11.8 Å². The van der Waals surface area contributed by atoms with Crippen LogP contribution in [-0.2, 0) is 0 Å². The van der Waals surface area contributed by atoms with E-state index >= 15 is 0 Å². The van der Waals surface area contributed by atoms with Gasteiger partial charge < -0.3 is 5.11 Å². The number of carbonyl (C=O) groups excluding carboxylic acids is 1. The van der Waals surface area contributed by atoms with Crippen molar-refractivity contribution in [1.29, 1.82) is 0 Å². The summed E-state index contributed by atoms with van der Waals surface area (Å²) in [6.45, 7) is 4.05. The van der Waals surface area contributed by atoms with Crippen molar-refractivity contribution in [3.63, 3.8) is 0 Å². The van der Waals surface area contributed by atoms with Crippen LogP contribution in [0, 0.1) is 13.8 Å². The number of rotatable bonds is 3. The van der Waals surface area contributed by atoms with Crippen LogP contribution in [0.15, 0.2) is 60.7 Å². The summed E-state index contributed by atoms with van der Waals surface area (Å²) >= 11 is 0. The molecule has 0 aromatic heterocycles. The molecule has 0 spiro atoms. The maximum Gasteiger partial charge on any atom is 0.154 e. The lowest BCUT2D eigenvalue weighted by Crippen LogP contribution is -1.91. The molecule has 0 aliphatic carbocycles. The largest absolute Gasteiger partial charge is 0.507 e. The third-order valence-electron chi connectivity index (χ3n) is 4.02. The Morgan fingerprint density at radius 1 is 0.739 bits per heavy atom. The van der Waals surface area contributed by atoms with Crippen molar-refractivity contribution in [3.05, 3.63) is 77.4 Å². The lowest BCUT2D eigenvalue weighted by molar-refractivity contribution is 0.112. The van der Waals surface area contributed by atoms with Crippen LogP contribution in [0.25, 0.3) is 22.3 Å². The molecule has 0 radical (unpaired) electrons. The summed E-state index contributed by atoms with van der Waals surface area (Å²) in [4.78, 5) is 11.4. The van der Waals surface area contributed by atoms with Gasteiger partial charge in [-0.15, -0.1) is 0 Å². The molecule has 0 heterocycles. The maximum atomic E-state index is 11.4. The van der Waals surface area contributed by atoms with E-state index in [0.717, 1.165) is 27.8 Å². The summed E-state index contributed by atoms with van der Waals surface area (Å²) < 4.78 is 0. The van der Waals surface area contributed by atoms with Gasteiger partial charge >= 0.3 is 0 Å². The average molecular weight is 302 g/mol. The predicted molar refractivity (Wildman–Crippen MR) is 93.8 cm³/mol. The quantitative estimate of drug-likeness (QED) is 0.679. The summed E-state index contributed by atoms with van der Waals surface area (Å²) in [6, 6.07) is 19.6. The molecule has 0 aliphatic heterocycles. The summed E-state index contributed by atoms with van der Waals surface area (Å²) in [5.41, 5.74) is 6.23. The molecule has 2 nitrogen and oxygen atoms in total. The first kappa shape index (κ1) is 15.0. The third kappa shape index (κ3) is 3.02. The Bertz CT molecular complexity index is 844. The summed E-state index contributed by atoms with van der Waals surface area (Å²) in [6.07, 6.45) is 0.712. The minimum atomic E-state index is 0.00801. The van der Waals surface area contributed by atoms with E-state index in [1.165, 1.54) is 5.56 Å². The number of phenols is 1. The van der Waals surface area contributed by atoms with Crippen molar-refractivity contribution >= 4 is 6.29 Å². The van der Waals surface area contributed by atoms with Gasteiger partial charge in [0.1, 0.15) is 5.75 Å². The lowest BCUT2D eigenvalue weighted by atomic mass is 9.93. The number of benzene rings is 3. The molecule has 1 N–H and O–H groups in total. The molecule has 2 heteroatoms. The van der Waals surface area contributed by atoms with E-state index in [1.807, 2.05) is 68.4 Å². The molecular weight excluding hydrogens is 284 g/mol. The first-order valence-electron chi connectivity index (χ1n) is 7.55. The first-order valence-corrected chi connectivity index (χ1v) is 7.55. The fourth-order valence-corrected chi connectivity index (χ4v) is 2.65. The molecule has 23 heavy (non-hydrogen) atoms. The highest BCUT2D eigenvalue weighted by molar-refractivity contribution is 5.93. The van der Waals surface area contributed by atoms with Crippen LogP contribution in [-0.4, -0.2) is 11.4 Å². The second-order valence-corrected chi connectivity index (χ2v) is 5.81. The SMILES string of the molecule is Cc1ccc(-c2cc(O)c(C=O)c(-c3ccc(C)cc3)c2)cc1. The molecule has 114 valence electrons. The predicted octanol–water partition coefficient (Wildman–Crippen LogP) is 5.16. The monoisotopic (exact) mass is 302 g/mol. The van der Waals surface area contributed by atoms with Crippen LogP contribution in [0.1, 0.15) is 21.5 Å². The van der Waals surface area contributed by atoms with E-state index in [2.05, 4.69) is 0 Å². The smallest absolute Gasteiger partial charge is 0.154 e. The summed E-state index contributed by atoms with van der Waals surface area (Å²) in [5.74, 6) is 0.00801. The van der Waals surface area contributed by atoms with Gasteiger partial charge in [0.25, 0.3) is 0 Å². The molecule has 0 aliphatic rings. The van der Waals surface area contributed by atoms with Crippen molar-refractivity contribution in [2.75, 3.05) is 0 Å². The number of hydrogen-bond acceptors (Lipinski definition) is 2. The summed E-state index contributed by atoms with van der Waals surface area (Å²) in [5, 5.41) is 10.3. The number of carbonyl (C=O) groups is 1. The van der Waals surface area contributed by atoms with Crippen molar-refractivity contribution < 1.29 is 9.90 Å². The fraction of sp³-hybridized carbons (Fsp3) is 0.0952. The molecule has 0 amide bonds. The van der Waals surface area contributed by atoms with Gasteiger partial charge in [-0.3, -0.25) is 4.79 Å². The van der Waals surface area contributed by atoms with Gasteiger partial charge in [-0.1, -0.05) is 59.7 Å². The highest BCUT2D eigenvalue weighted by Gasteiger charge is 2.12. The Hall–Kier alpha value is -2.87. The number of phenolic OH excluding ortho intramolecular Hbond substituents is 1. The second-order valence-electron chi connectivity index (χ2n) is 5.81. The third-order valence-corrected chi connectivity index (χ3v) is 4.02. The number of aryl methyl sites for hydroxylation is 2. The topological polar surface area (TPSA) is 37.3 Å². The van der Waals surface area contributed by atoms with Crippen molar-refractivity contribution in [3.8, 4) is 28.0 Å². The van der Waals surface area contributed by atoms with E-state index in [4.69, 9.17) is 0 Å². The normalized spacial score (nSPS) is 10.5. The van der Waals surface area contributed by atoms with Gasteiger partial charge in [-0.25, -0.2) is 0 Å². The van der Waals surface area contributed by atoms with Crippen molar-refractivity contribution in [2.24, 2.45) is 0 Å². The fourth-order valence-electron chi connectivity index (χ4n) is 2.65. The Labute approximate surface area is 136 Å². The summed E-state index contributed by atoms with van der Waals surface area (Å²) in [7, 11) is 0. The molecule has 0 saturated heterocycles. The molecule has 3 aromatic rings. The van der Waals surface area contributed by atoms with Crippen LogP contribution in [0.4, 0.5) is 0 Å². The zero-order valence-electron chi connectivity index (χ0n) is 13.2. The molecule has 3 rings (SSSR count). The molecule has 0 atom stereocenters. The number of hydrogen-bond donors (Lipinski definition) is 1. The Morgan fingerprint density at radius 2 is 1.26 bits per heavy atom. The molecule has 0 unspecified atom stereocenters. The van der Waals surface area contributed by atoms with E-state index < -0.39 is 0 Å². The van der Waals surface area contributed by atoms with E-state index in [-0.39, 0.29) is 5.75 Å². The average Bonchev–Trinajstić information content (AvgIpc) is 2.55. The van der Waals surface area contributed by atoms with Crippen LogP contribution < -0.4 is 0 Å². The Balaban J connectivity index is 2.19. The Morgan fingerprint density at radius 3 is 1.78 bits per heavy atom. The van der Waals surface area contributed by atoms with Gasteiger partial charge in [-0.05, 0) is 48.2 Å². The number of aromatic hydroxyl groups is 1. The van der Waals surface area contributed by atoms with Gasteiger partial charge in [0.15, 0.2) is 6.29 Å². The van der Waals surface area contributed by atoms with Crippen molar-refractivity contribution in [1.82, 2.24) is 0 Å². The van der Waals surface area contributed by atoms with Crippen LogP contribution in [0.3, 0.4) is 0 Å². The van der Waals surface area contributed by atoms with Crippen LogP contribution in [0.2, 0.25) is 0 Å². The first-order chi connectivity index (χ1) is 11.1. The van der Waals surface area contributed by atoms with Gasteiger partial charge in [-0.2, -0.15) is 0 Å².